The van der Waals surface area contributed by atoms with Crippen molar-refractivity contribution >= 4 is 34.6 Å². The summed E-state index contributed by atoms with van der Waals surface area (Å²) >= 11 is 6.94. The first-order chi connectivity index (χ1) is 11.5. The lowest BCUT2D eigenvalue weighted by Gasteiger charge is -2.30. The standard InChI is InChI=1S/C18H27N3OS2/c1-11-7-8-15-13(9-11)10-16(24-15)17(22)20-21-18(23)19-14-6-4-3-5-12(14)2/h10-12,14H,3-9H2,1-2H3,(H,20,22)(H2,19,21,23)/t11-,12+,14+/m1/s1. The molecule has 1 heterocycles. The average molecular weight is 366 g/mol. The summed E-state index contributed by atoms with van der Waals surface area (Å²) in [7, 11) is 0. The molecule has 3 rings (SSSR count). The van der Waals surface area contributed by atoms with Crippen molar-refractivity contribution in [2.75, 3.05) is 0 Å². The summed E-state index contributed by atoms with van der Waals surface area (Å²) in [4.78, 5) is 14.5. The van der Waals surface area contributed by atoms with E-state index in [0.29, 0.717) is 17.1 Å². The Bertz CT molecular complexity index is 613. The Morgan fingerprint density at radius 3 is 2.79 bits per heavy atom. The summed E-state index contributed by atoms with van der Waals surface area (Å²) in [6.45, 7) is 4.54. The third-order valence-corrected chi connectivity index (χ3v) is 6.73. The number of thiocarbonyl (C=S) groups is 1. The first-order valence-corrected chi connectivity index (χ1v) is 10.2. The second-order valence-corrected chi connectivity index (χ2v) is 8.87. The van der Waals surface area contributed by atoms with Crippen molar-refractivity contribution in [1.82, 2.24) is 16.2 Å². The molecule has 2 aliphatic rings. The molecule has 132 valence electrons. The smallest absolute Gasteiger partial charge is 0.279 e. The van der Waals surface area contributed by atoms with Crippen LogP contribution in [0.3, 0.4) is 0 Å². The highest BCUT2D eigenvalue weighted by Crippen LogP contribution is 2.32. The van der Waals surface area contributed by atoms with Gasteiger partial charge in [0, 0.05) is 10.9 Å². The number of thiophene rings is 1. The van der Waals surface area contributed by atoms with Crippen LogP contribution >= 0.6 is 23.6 Å². The van der Waals surface area contributed by atoms with E-state index in [2.05, 4.69) is 30.0 Å². The molecule has 0 bridgehead atoms. The number of rotatable bonds is 2. The minimum atomic E-state index is -0.0945. The SMILES string of the molecule is C[C@@H]1CCc2sc(C(=O)NNC(=S)N[C@H]3CCCC[C@@H]3C)cc2C1. The van der Waals surface area contributed by atoms with Crippen molar-refractivity contribution in [1.29, 1.82) is 0 Å². The molecule has 0 aromatic carbocycles. The van der Waals surface area contributed by atoms with Crippen molar-refractivity contribution in [2.45, 2.75) is 64.8 Å². The van der Waals surface area contributed by atoms with Crippen LogP contribution in [0.2, 0.25) is 0 Å². The van der Waals surface area contributed by atoms with Gasteiger partial charge >= 0.3 is 0 Å². The van der Waals surface area contributed by atoms with Crippen molar-refractivity contribution in [3.63, 3.8) is 0 Å². The van der Waals surface area contributed by atoms with Gasteiger partial charge in [0.2, 0.25) is 0 Å². The van der Waals surface area contributed by atoms with E-state index in [1.165, 1.54) is 36.1 Å². The van der Waals surface area contributed by atoms with Gasteiger partial charge in [-0.05, 0) is 67.8 Å². The van der Waals surface area contributed by atoms with E-state index in [0.717, 1.165) is 30.1 Å². The number of carbonyl (C=O) groups excluding carboxylic acids is 1. The molecule has 1 fully saturated rings. The van der Waals surface area contributed by atoms with Gasteiger partial charge in [-0.15, -0.1) is 11.3 Å². The van der Waals surface area contributed by atoms with Gasteiger partial charge in [-0.1, -0.05) is 26.7 Å². The summed E-state index contributed by atoms with van der Waals surface area (Å²) in [5.41, 5.74) is 6.95. The number of hydrogen-bond acceptors (Lipinski definition) is 3. The van der Waals surface area contributed by atoms with Crippen molar-refractivity contribution in [3.05, 3.63) is 21.4 Å². The highest BCUT2D eigenvalue weighted by Gasteiger charge is 2.23. The van der Waals surface area contributed by atoms with Gasteiger partial charge < -0.3 is 5.32 Å². The summed E-state index contributed by atoms with van der Waals surface area (Å²) in [5.74, 6) is 1.25. The normalized spacial score (nSPS) is 26.3. The van der Waals surface area contributed by atoms with E-state index in [4.69, 9.17) is 12.2 Å². The number of hydrogen-bond donors (Lipinski definition) is 3. The molecule has 1 aromatic heterocycles. The Labute approximate surface area is 153 Å². The van der Waals surface area contributed by atoms with Gasteiger partial charge in [-0.25, -0.2) is 0 Å². The highest BCUT2D eigenvalue weighted by atomic mass is 32.1. The molecular formula is C18H27N3OS2. The molecular weight excluding hydrogens is 338 g/mol. The lowest BCUT2D eigenvalue weighted by atomic mass is 9.86. The minimum absolute atomic E-state index is 0.0945. The maximum Gasteiger partial charge on any atom is 0.279 e. The van der Waals surface area contributed by atoms with Gasteiger partial charge in [0.1, 0.15) is 0 Å². The van der Waals surface area contributed by atoms with E-state index in [1.54, 1.807) is 11.3 Å². The molecule has 0 radical (unpaired) electrons. The van der Waals surface area contributed by atoms with E-state index in [1.807, 2.05) is 6.07 Å². The van der Waals surface area contributed by atoms with Crippen LogP contribution in [-0.4, -0.2) is 17.1 Å². The molecule has 0 aliphatic heterocycles. The average Bonchev–Trinajstić information content (AvgIpc) is 2.98. The maximum atomic E-state index is 12.4. The van der Waals surface area contributed by atoms with E-state index >= 15 is 0 Å². The molecule has 6 heteroatoms. The van der Waals surface area contributed by atoms with Crippen LogP contribution in [0, 0.1) is 11.8 Å². The van der Waals surface area contributed by atoms with Crippen molar-refractivity contribution in [3.8, 4) is 0 Å². The molecule has 0 spiro atoms. The number of nitrogens with one attached hydrogen (secondary N) is 3. The van der Waals surface area contributed by atoms with Gasteiger partial charge in [-0.3, -0.25) is 15.6 Å². The van der Waals surface area contributed by atoms with Gasteiger partial charge in [0.05, 0.1) is 4.88 Å². The van der Waals surface area contributed by atoms with Crippen LogP contribution in [-0.2, 0) is 12.8 Å². The molecule has 0 saturated heterocycles. The van der Waals surface area contributed by atoms with Crippen LogP contribution in [0.1, 0.15) is 66.1 Å². The molecule has 3 atom stereocenters. The zero-order valence-corrected chi connectivity index (χ0v) is 16.1. The largest absolute Gasteiger partial charge is 0.358 e. The fourth-order valence-corrected chi connectivity index (χ4v) is 5.03. The second kappa shape index (κ2) is 7.83. The Hall–Kier alpha value is -1.14. The summed E-state index contributed by atoms with van der Waals surface area (Å²) in [6, 6.07) is 2.46. The lowest BCUT2D eigenvalue weighted by Crippen LogP contribution is -2.51. The summed E-state index contributed by atoms with van der Waals surface area (Å²) in [5, 5.41) is 3.85. The van der Waals surface area contributed by atoms with E-state index < -0.39 is 0 Å². The van der Waals surface area contributed by atoms with Crippen molar-refractivity contribution in [2.24, 2.45) is 11.8 Å². The quantitative estimate of drug-likeness (QED) is 0.554. The second-order valence-electron chi connectivity index (χ2n) is 7.33. The first-order valence-electron chi connectivity index (χ1n) is 9.01. The number of aryl methyl sites for hydroxylation is 1. The summed E-state index contributed by atoms with van der Waals surface area (Å²) < 4.78 is 0. The maximum absolute atomic E-state index is 12.4. The number of hydrazine groups is 1. The molecule has 3 N–H and O–H groups in total. The number of amides is 1. The van der Waals surface area contributed by atoms with Crippen molar-refractivity contribution < 1.29 is 4.79 Å². The molecule has 1 saturated carbocycles. The Kier molecular flexibility index (Phi) is 5.76. The summed E-state index contributed by atoms with van der Waals surface area (Å²) in [6.07, 6.45) is 8.35. The Morgan fingerprint density at radius 2 is 2.00 bits per heavy atom. The van der Waals surface area contributed by atoms with Crippen LogP contribution < -0.4 is 16.2 Å². The van der Waals surface area contributed by atoms with E-state index in [9.17, 15) is 4.79 Å². The highest BCUT2D eigenvalue weighted by molar-refractivity contribution is 7.80. The van der Waals surface area contributed by atoms with Crippen LogP contribution in [0.5, 0.6) is 0 Å². The Balaban J connectivity index is 1.49. The monoisotopic (exact) mass is 365 g/mol. The molecule has 4 nitrogen and oxygen atoms in total. The van der Waals surface area contributed by atoms with Crippen LogP contribution in [0.25, 0.3) is 0 Å². The zero-order valence-electron chi connectivity index (χ0n) is 14.5. The predicted molar refractivity (Wildman–Crippen MR) is 103 cm³/mol. The van der Waals surface area contributed by atoms with Gasteiger partial charge in [-0.2, -0.15) is 0 Å². The molecule has 2 aliphatic carbocycles. The fourth-order valence-electron chi connectivity index (χ4n) is 3.73. The van der Waals surface area contributed by atoms with Crippen LogP contribution in [0.4, 0.5) is 0 Å². The molecule has 1 aromatic rings. The molecule has 24 heavy (non-hydrogen) atoms. The number of fused-ring (bicyclic) bond motifs is 1. The zero-order chi connectivity index (χ0) is 17.1. The number of carbonyl (C=O) groups is 1. The lowest BCUT2D eigenvalue weighted by molar-refractivity contribution is 0.0947. The minimum Gasteiger partial charge on any atom is -0.358 e. The topological polar surface area (TPSA) is 53.2 Å². The Morgan fingerprint density at radius 1 is 1.21 bits per heavy atom. The first kappa shape index (κ1) is 17.7. The van der Waals surface area contributed by atoms with Crippen LogP contribution in [0.15, 0.2) is 6.07 Å². The van der Waals surface area contributed by atoms with E-state index in [-0.39, 0.29) is 5.91 Å². The molecule has 1 amide bonds. The third kappa shape index (κ3) is 4.28. The fraction of sp³-hybridized carbons (Fsp3) is 0.667. The molecule has 0 unspecified atom stereocenters. The van der Waals surface area contributed by atoms with Gasteiger partial charge in [0.15, 0.2) is 5.11 Å². The third-order valence-electron chi connectivity index (χ3n) is 5.27. The predicted octanol–water partition coefficient (Wildman–Crippen LogP) is 3.56. The van der Waals surface area contributed by atoms with Gasteiger partial charge in [0.25, 0.3) is 5.91 Å².